The summed E-state index contributed by atoms with van der Waals surface area (Å²) in [6.07, 6.45) is 6.07. The van der Waals surface area contributed by atoms with Crippen molar-refractivity contribution in [2.24, 2.45) is 5.92 Å². The molecule has 1 aliphatic rings. The Bertz CT molecular complexity index is 1610. The maximum Gasteiger partial charge on any atom is 0.323 e. The van der Waals surface area contributed by atoms with Crippen LogP contribution in [0.2, 0.25) is 5.02 Å². The summed E-state index contributed by atoms with van der Waals surface area (Å²) in [5.74, 6) is -0.960. The monoisotopic (exact) mass is 626 g/mol. The van der Waals surface area contributed by atoms with Crippen molar-refractivity contribution in [3.05, 3.63) is 87.7 Å². The second-order valence-corrected chi connectivity index (χ2v) is 10.2. The highest BCUT2D eigenvalue weighted by Gasteiger charge is 2.29. The molecule has 9 nitrogen and oxygen atoms in total. The van der Waals surface area contributed by atoms with E-state index in [1.807, 2.05) is 0 Å². The number of ether oxygens (including phenoxy) is 1. The number of amides is 2. The number of rotatable bonds is 8. The highest BCUT2D eigenvalue weighted by atomic mass is 35.5. The van der Waals surface area contributed by atoms with Gasteiger partial charge in [-0.1, -0.05) is 23.6 Å². The summed E-state index contributed by atoms with van der Waals surface area (Å²) < 4.78 is 37.1. The number of carbonyl (C=O) groups is 3. The van der Waals surface area contributed by atoms with Gasteiger partial charge in [-0.25, -0.2) is 4.39 Å². The zero-order chi connectivity index (χ0) is 31.1. The minimum Gasteiger partial charge on any atom is -0.494 e. The molecule has 43 heavy (non-hydrogen) atoms. The maximum atomic E-state index is 15.2. The molecule has 1 saturated heterocycles. The van der Waals surface area contributed by atoms with Crippen molar-refractivity contribution in [3.8, 4) is 18.1 Å². The van der Waals surface area contributed by atoms with Crippen LogP contribution in [-0.4, -0.2) is 48.7 Å². The first-order valence-electron chi connectivity index (χ1n) is 12.8. The predicted molar refractivity (Wildman–Crippen MR) is 161 cm³/mol. The summed E-state index contributed by atoms with van der Waals surface area (Å²) in [5, 5.41) is 13.9. The van der Waals surface area contributed by atoms with Crippen molar-refractivity contribution in [1.82, 2.24) is 4.90 Å². The molecule has 2 amide bonds. The van der Waals surface area contributed by atoms with Gasteiger partial charge in [-0.3, -0.25) is 19.8 Å². The lowest BCUT2D eigenvalue weighted by molar-refractivity contribution is -0.139. The maximum absolute atomic E-state index is 15.2. The average molecular weight is 627 g/mol. The summed E-state index contributed by atoms with van der Waals surface area (Å²) in [7, 11) is 1.33. The number of methoxy groups -OCH3 is 1. The number of anilines is 2. The van der Waals surface area contributed by atoms with Crippen molar-refractivity contribution < 1.29 is 31.6 Å². The van der Waals surface area contributed by atoms with E-state index in [0.29, 0.717) is 37.2 Å². The van der Waals surface area contributed by atoms with E-state index in [-0.39, 0.29) is 39.0 Å². The third-order valence-electron chi connectivity index (χ3n) is 6.82. The van der Waals surface area contributed by atoms with Crippen LogP contribution < -0.4 is 15.4 Å². The van der Waals surface area contributed by atoms with E-state index in [9.17, 15) is 18.3 Å². The van der Waals surface area contributed by atoms with Crippen molar-refractivity contribution in [1.29, 1.82) is 5.41 Å². The SMILES string of the molecule is C#Cc1ccc(NC(=O)c2cc(Cl)cc(OC)c2NC(=O)c2ccc(C(=N)N3CCC(C(=O)OSF)CC3)cc2F)cc1. The second kappa shape index (κ2) is 14.0. The first kappa shape index (κ1) is 31.3. The Hall–Kier alpha value is -4.60. The summed E-state index contributed by atoms with van der Waals surface area (Å²) in [6, 6.07) is 13.0. The summed E-state index contributed by atoms with van der Waals surface area (Å²) in [6.45, 7) is 0.628. The topological polar surface area (TPSA) is 121 Å². The van der Waals surface area contributed by atoms with Crippen molar-refractivity contribution in [3.63, 3.8) is 0 Å². The highest BCUT2D eigenvalue weighted by Crippen LogP contribution is 2.34. The highest BCUT2D eigenvalue weighted by molar-refractivity contribution is 7.89. The van der Waals surface area contributed by atoms with E-state index in [1.165, 1.54) is 31.4 Å². The molecular formula is C30H25ClF2N4O5S. The number of carbonyl (C=O) groups excluding carboxylic acids is 3. The van der Waals surface area contributed by atoms with Crippen LogP contribution in [0.15, 0.2) is 54.6 Å². The van der Waals surface area contributed by atoms with E-state index < -0.39 is 41.9 Å². The molecule has 1 aliphatic heterocycles. The van der Waals surface area contributed by atoms with Gasteiger partial charge in [0.25, 0.3) is 24.2 Å². The van der Waals surface area contributed by atoms with Gasteiger partial charge in [0.1, 0.15) is 17.4 Å². The lowest BCUT2D eigenvalue weighted by Gasteiger charge is -2.32. The fraction of sp³-hybridized carbons (Fsp3) is 0.200. The average Bonchev–Trinajstić information content (AvgIpc) is 3.01. The molecule has 0 atom stereocenters. The minimum absolute atomic E-state index is 0.00569. The Labute approximate surface area is 255 Å². The molecule has 222 valence electrons. The van der Waals surface area contributed by atoms with E-state index >= 15 is 4.39 Å². The fourth-order valence-corrected chi connectivity index (χ4v) is 4.95. The Kier molecular flexibility index (Phi) is 10.2. The first-order chi connectivity index (χ1) is 20.6. The molecule has 1 heterocycles. The Morgan fingerprint density at radius 2 is 1.72 bits per heavy atom. The van der Waals surface area contributed by atoms with Crippen LogP contribution in [-0.2, 0) is 8.98 Å². The normalized spacial score (nSPS) is 13.0. The van der Waals surface area contributed by atoms with Crippen molar-refractivity contribution in [2.75, 3.05) is 30.8 Å². The number of amidine groups is 1. The summed E-state index contributed by atoms with van der Waals surface area (Å²) in [4.78, 5) is 39.8. The van der Waals surface area contributed by atoms with Gasteiger partial charge < -0.3 is 24.5 Å². The molecule has 0 radical (unpaired) electrons. The van der Waals surface area contributed by atoms with Crippen LogP contribution in [0, 0.1) is 29.5 Å². The fourth-order valence-electron chi connectivity index (χ4n) is 4.55. The zero-order valence-corrected chi connectivity index (χ0v) is 24.3. The lowest BCUT2D eigenvalue weighted by atomic mass is 9.96. The lowest BCUT2D eigenvalue weighted by Crippen LogP contribution is -2.40. The van der Waals surface area contributed by atoms with E-state index in [4.69, 9.17) is 28.2 Å². The zero-order valence-electron chi connectivity index (χ0n) is 22.7. The molecule has 3 aromatic carbocycles. The van der Waals surface area contributed by atoms with E-state index in [1.54, 1.807) is 29.2 Å². The van der Waals surface area contributed by atoms with Gasteiger partial charge >= 0.3 is 5.97 Å². The van der Waals surface area contributed by atoms with Gasteiger partial charge in [0.05, 0.1) is 29.8 Å². The predicted octanol–water partition coefficient (Wildman–Crippen LogP) is 6.09. The molecule has 4 rings (SSSR count). The first-order valence-corrected chi connectivity index (χ1v) is 13.9. The van der Waals surface area contributed by atoms with Crippen LogP contribution in [0.3, 0.4) is 0 Å². The standard InChI is InChI=1S/C30H25ClF2N4O5S/c1-3-17-4-7-21(8-5-17)35-29(39)23-15-20(31)16-25(41-2)26(23)36-28(38)22-9-6-19(14-24(22)32)27(34)37-12-10-18(11-13-37)30(40)42-43-33/h1,4-9,14-16,18,34H,10-13H2,2H3,(H,35,39)(H,36,38). The summed E-state index contributed by atoms with van der Waals surface area (Å²) in [5.41, 5.74) is 0.879. The molecule has 13 heteroatoms. The van der Waals surface area contributed by atoms with Gasteiger partial charge in [-0.05, 0) is 55.3 Å². The number of piperidine rings is 1. The minimum atomic E-state index is -0.897. The van der Waals surface area contributed by atoms with Gasteiger partial charge in [0, 0.05) is 41.0 Å². The number of nitrogens with zero attached hydrogens (tertiary/aromatic N) is 1. The number of terminal acetylenes is 1. The molecule has 0 spiro atoms. The van der Waals surface area contributed by atoms with Crippen LogP contribution in [0.4, 0.5) is 19.7 Å². The molecule has 0 bridgehead atoms. The van der Waals surface area contributed by atoms with Gasteiger partial charge in [-0.2, -0.15) is 0 Å². The number of likely N-dealkylation sites (tertiary alicyclic amines) is 1. The van der Waals surface area contributed by atoms with Crippen LogP contribution in [0.1, 0.15) is 44.7 Å². The van der Waals surface area contributed by atoms with Crippen LogP contribution in [0.25, 0.3) is 0 Å². The third kappa shape index (κ3) is 7.43. The number of hydrogen-bond donors (Lipinski definition) is 3. The van der Waals surface area contributed by atoms with E-state index in [0.717, 1.165) is 6.07 Å². The molecule has 0 saturated carbocycles. The molecule has 3 N–H and O–H groups in total. The third-order valence-corrected chi connectivity index (χ3v) is 7.27. The van der Waals surface area contributed by atoms with Gasteiger partial charge in [-0.15, -0.1) is 10.3 Å². The largest absolute Gasteiger partial charge is 0.494 e. The molecule has 0 aromatic heterocycles. The number of benzene rings is 3. The second-order valence-electron chi connectivity index (χ2n) is 9.43. The summed E-state index contributed by atoms with van der Waals surface area (Å²) >= 11 is 5.70. The number of nitrogens with one attached hydrogen (secondary N) is 3. The smallest absolute Gasteiger partial charge is 0.323 e. The van der Waals surface area contributed by atoms with E-state index in [2.05, 4.69) is 20.7 Å². The van der Waals surface area contributed by atoms with Crippen LogP contribution >= 0.6 is 24.0 Å². The molecule has 1 fully saturated rings. The van der Waals surface area contributed by atoms with Crippen molar-refractivity contribution in [2.45, 2.75) is 12.8 Å². The van der Waals surface area contributed by atoms with Crippen molar-refractivity contribution >= 4 is 59.0 Å². The van der Waals surface area contributed by atoms with Crippen LogP contribution in [0.5, 0.6) is 5.75 Å². The Morgan fingerprint density at radius 3 is 2.33 bits per heavy atom. The Morgan fingerprint density at radius 1 is 1.05 bits per heavy atom. The molecule has 0 unspecified atom stereocenters. The van der Waals surface area contributed by atoms with Gasteiger partial charge in [0.15, 0.2) is 0 Å². The molecule has 3 aromatic rings. The molecular weight excluding hydrogens is 602 g/mol. The molecule has 0 aliphatic carbocycles. The number of hydrogen-bond acceptors (Lipinski definition) is 7. The quantitative estimate of drug-likeness (QED) is 0.120. The number of halogens is 3. The Balaban J connectivity index is 1.51. The van der Waals surface area contributed by atoms with Gasteiger partial charge in [0.2, 0.25) is 0 Å².